The molecule has 5 heteroatoms. The van der Waals surface area contributed by atoms with Crippen molar-refractivity contribution < 1.29 is 19.1 Å². The second kappa shape index (κ2) is 40.3. The quantitative estimate of drug-likeness (QED) is 0.0516. The lowest BCUT2D eigenvalue weighted by Crippen LogP contribution is -2.18. The van der Waals surface area contributed by atoms with Gasteiger partial charge in [-0.05, 0) is 70.9 Å². The topological polar surface area (TPSA) is 64.6 Å². The maximum atomic E-state index is 12.6. The molecule has 0 heterocycles. The maximum absolute atomic E-state index is 12.6. The Morgan fingerprint density at radius 2 is 0.771 bits per heavy atom. The molecule has 0 aliphatic heterocycles. The minimum absolute atomic E-state index is 0.00790. The number of hydrogen-bond acceptors (Lipinski definition) is 5. The van der Waals surface area contributed by atoms with Crippen molar-refractivity contribution in [3.05, 3.63) is 0 Å². The number of nitrogens with one attached hydrogen (secondary N) is 1. The van der Waals surface area contributed by atoms with Crippen LogP contribution in [0.25, 0.3) is 0 Å². The monoisotopic (exact) mass is 680 g/mol. The van der Waals surface area contributed by atoms with E-state index >= 15 is 0 Å². The van der Waals surface area contributed by atoms with E-state index in [9.17, 15) is 9.59 Å². The Kier molecular flexibility index (Phi) is 39.4. The number of carbonyl (C=O) groups excluding carboxylic acids is 2. The number of ether oxygens (including phenoxy) is 2. The van der Waals surface area contributed by atoms with Crippen molar-refractivity contribution in [3.8, 4) is 0 Å². The summed E-state index contributed by atoms with van der Waals surface area (Å²) in [5.41, 5.74) is 0. The first kappa shape index (κ1) is 46.9. The number of esters is 2. The van der Waals surface area contributed by atoms with Gasteiger partial charge in [-0.25, -0.2) is 0 Å². The molecule has 1 N–H and O–H groups in total. The lowest BCUT2D eigenvalue weighted by atomic mass is 10.0. The zero-order chi connectivity index (χ0) is 35.0. The van der Waals surface area contributed by atoms with E-state index < -0.39 is 0 Å². The van der Waals surface area contributed by atoms with E-state index in [-0.39, 0.29) is 18.0 Å². The first-order valence-corrected chi connectivity index (χ1v) is 21.7. The fourth-order valence-corrected chi connectivity index (χ4v) is 6.53. The Balaban J connectivity index is 3.61. The number of carbonyl (C=O) groups is 2. The highest BCUT2D eigenvalue weighted by molar-refractivity contribution is 5.69. The minimum Gasteiger partial charge on any atom is -0.466 e. The third-order valence-corrected chi connectivity index (χ3v) is 9.79. The molecule has 0 aromatic carbocycles. The predicted molar refractivity (Wildman–Crippen MR) is 208 cm³/mol. The van der Waals surface area contributed by atoms with Gasteiger partial charge in [0.05, 0.1) is 6.61 Å². The molecule has 0 atom stereocenters. The molecular formula is C43H85NO4. The maximum Gasteiger partial charge on any atom is 0.306 e. The van der Waals surface area contributed by atoms with Crippen molar-refractivity contribution >= 4 is 11.9 Å². The smallest absolute Gasteiger partial charge is 0.306 e. The van der Waals surface area contributed by atoms with Gasteiger partial charge >= 0.3 is 11.9 Å². The van der Waals surface area contributed by atoms with Crippen LogP contribution in [0.3, 0.4) is 0 Å². The molecule has 0 amide bonds. The fraction of sp³-hybridized carbons (Fsp3) is 0.953. The highest BCUT2D eigenvalue weighted by Crippen LogP contribution is 2.18. The summed E-state index contributed by atoms with van der Waals surface area (Å²) in [6.45, 7) is 9.59. The van der Waals surface area contributed by atoms with Crippen LogP contribution in [0, 0.1) is 0 Å². The average molecular weight is 680 g/mol. The summed E-state index contributed by atoms with van der Waals surface area (Å²) in [7, 11) is 0. The molecule has 0 spiro atoms. The summed E-state index contributed by atoms with van der Waals surface area (Å²) < 4.78 is 11.4. The molecule has 0 bridgehead atoms. The van der Waals surface area contributed by atoms with E-state index in [1.807, 2.05) is 0 Å². The molecule has 0 fully saturated rings. The van der Waals surface area contributed by atoms with Gasteiger partial charge in [0.2, 0.25) is 0 Å². The van der Waals surface area contributed by atoms with Gasteiger partial charge in [0.25, 0.3) is 0 Å². The molecule has 5 nitrogen and oxygen atoms in total. The molecule has 0 aliphatic carbocycles. The first-order chi connectivity index (χ1) is 23.6. The van der Waals surface area contributed by atoms with Gasteiger partial charge < -0.3 is 14.8 Å². The molecule has 0 saturated carbocycles. The second-order valence-corrected chi connectivity index (χ2v) is 14.7. The predicted octanol–water partition coefficient (Wildman–Crippen LogP) is 13.4. The van der Waals surface area contributed by atoms with Crippen LogP contribution in [0.15, 0.2) is 0 Å². The van der Waals surface area contributed by atoms with Crippen molar-refractivity contribution in [1.29, 1.82) is 0 Å². The van der Waals surface area contributed by atoms with Crippen molar-refractivity contribution in [2.24, 2.45) is 0 Å². The molecule has 286 valence electrons. The largest absolute Gasteiger partial charge is 0.466 e. The van der Waals surface area contributed by atoms with E-state index in [1.54, 1.807) is 0 Å². The first-order valence-electron chi connectivity index (χ1n) is 21.7. The Hall–Kier alpha value is -1.10. The third kappa shape index (κ3) is 37.7. The Bertz CT molecular complexity index is 639. The standard InChI is InChI=1S/C43H85NO4/c1-4-7-10-13-18-26-33-40-47-42(45)36-29-23-19-25-32-39-44-38-31-24-17-16-22-30-37-43(46)48-41(34-27-20-14-11-8-5-2)35-28-21-15-12-9-6-3/h41,44H,4-40H2,1-3H3. The molecule has 0 saturated heterocycles. The zero-order valence-electron chi connectivity index (χ0n) is 32.9. The Morgan fingerprint density at radius 1 is 0.417 bits per heavy atom. The van der Waals surface area contributed by atoms with E-state index in [0.717, 1.165) is 58.0 Å². The normalized spacial score (nSPS) is 11.4. The van der Waals surface area contributed by atoms with Crippen LogP contribution in [0.4, 0.5) is 0 Å². The Labute approximate surface area is 300 Å². The summed E-state index contributed by atoms with van der Waals surface area (Å²) in [6.07, 6.45) is 40.6. The van der Waals surface area contributed by atoms with Crippen LogP contribution >= 0.6 is 0 Å². The van der Waals surface area contributed by atoms with Crippen molar-refractivity contribution in [1.82, 2.24) is 5.32 Å². The summed E-state index contributed by atoms with van der Waals surface area (Å²) in [5.74, 6) is 0.0317. The highest BCUT2D eigenvalue weighted by Gasteiger charge is 2.14. The van der Waals surface area contributed by atoms with Gasteiger partial charge in [-0.2, -0.15) is 0 Å². The molecule has 48 heavy (non-hydrogen) atoms. The third-order valence-electron chi connectivity index (χ3n) is 9.79. The molecule has 0 rings (SSSR count). The van der Waals surface area contributed by atoms with Crippen LogP contribution in [0.1, 0.15) is 239 Å². The summed E-state index contributed by atoms with van der Waals surface area (Å²) in [6, 6.07) is 0. The molecule has 0 aromatic rings. The molecule has 0 radical (unpaired) electrons. The lowest BCUT2D eigenvalue weighted by molar-refractivity contribution is -0.150. The van der Waals surface area contributed by atoms with Crippen LogP contribution in [-0.4, -0.2) is 37.7 Å². The SMILES string of the molecule is CCCCCCCCCOC(=O)CCCCCCCNCCCCCCCCC(=O)OC(CCCCCCCC)CCCCCCCC. The van der Waals surface area contributed by atoms with Crippen LogP contribution < -0.4 is 5.32 Å². The molecule has 0 aliphatic rings. The van der Waals surface area contributed by atoms with E-state index in [4.69, 9.17) is 9.47 Å². The van der Waals surface area contributed by atoms with E-state index in [1.165, 1.54) is 161 Å². The van der Waals surface area contributed by atoms with Crippen molar-refractivity contribution in [2.45, 2.75) is 245 Å². The highest BCUT2D eigenvalue weighted by atomic mass is 16.5. The van der Waals surface area contributed by atoms with Crippen LogP contribution in [-0.2, 0) is 19.1 Å². The number of unbranched alkanes of at least 4 members (excludes halogenated alkanes) is 25. The zero-order valence-corrected chi connectivity index (χ0v) is 32.9. The van der Waals surface area contributed by atoms with Gasteiger partial charge in [-0.15, -0.1) is 0 Å². The van der Waals surface area contributed by atoms with Crippen molar-refractivity contribution in [2.75, 3.05) is 19.7 Å². The molecular weight excluding hydrogens is 594 g/mol. The molecule has 0 aromatic heterocycles. The van der Waals surface area contributed by atoms with Crippen molar-refractivity contribution in [3.63, 3.8) is 0 Å². The summed E-state index contributed by atoms with van der Waals surface area (Å²) >= 11 is 0. The number of hydrogen-bond donors (Lipinski definition) is 1. The molecule has 0 unspecified atom stereocenters. The Morgan fingerprint density at radius 3 is 1.23 bits per heavy atom. The van der Waals surface area contributed by atoms with Gasteiger partial charge in [0.15, 0.2) is 0 Å². The van der Waals surface area contributed by atoms with Gasteiger partial charge in [0, 0.05) is 12.8 Å². The van der Waals surface area contributed by atoms with Crippen LogP contribution in [0.5, 0.6) is 0 Å². The van der Waals surface area contributed by atoms with Crippen LogP contribution in [0.2, 0.25) is 0 Å². The number of rotatable bonds is 40. The summed E-state index contributed by atoms with van der Waals surface area (Å²) in [5, 5.41) is 3.60. The second-order valence-electron chi connectivity index (χ2n) is 14.7. The van der Waals surface area contributed by atoms with Gasteiger partial charge in [-0.1, -0.05) is 168 Å². The van der Waals surface area contributed by atoms with Gasteiger partial charge in [0.1, 0.15) is 6.10 Å². The average Bonchev–Trinajstić information content (AvgIpc) is 3.08. The van der Waals surface area contributed by atoms with E-state index in [2.05, 4.69) is 26.1 Å². The minimum atomic E-state index is -0.00790. The summed E-state index contributed by atoms with van der Waals surface area (Å²) in [4.78, 5) is 24.5. The fourth-order valence-electron chi connectivity index (χ4n) is 6.53. The van der Waals surface area contributed by atoms with Gasteiger partial charge in [-0.3, -0.25) is 9.59 Å². The lowest BCUT2D eigenvalue weighted by Gasteiger charge is -2.18. The van der Waals surface area contributed by atoms with E-state index in [0.29, 0.717) is 19.4 Å².